The quantitative estimate of drug-likeness (QED) is 0.655. The smallest absolute Gasteiger partial charge is 0.410 e. The fourth-order valence-electron chi connectivity index (χ4n) is 3.66. The number of amides is 1. The zero-order chi connectivity index (χ0) is 20.1. The third-order valence-electron chi connectivity index (χ3n) is 5.16. The molecular weight excluding hydrogens is 374 g/mol. The summed E-state index contributed by atoms with van der Waals surface area (Å²) in [4.78, 5) is 26.1. The lowest BCUT2D eigenvalue weighted by Gasteiger charge is -2.26. The molecule has 1 amide bonds. The SMILES string of the molecule is COC(=O)[C@H](CCSC)N(C)C(=O)OCC1c2ccccc2-c2ccccc21. The standard InChI is InChI=1S/C22H25NO4S/c1-23(20(12-13-28-3)21(24)26-2)22(25)27-14-19-17-10-6-4-8-15(17)16-9-5-7-11-18(16)19/h4-11,19-20H,12-14H2,1-3H3/t20-/m0/s1. The number of methoxy groups -OCH3 is 1. The van der Waals surface area contributed by atoms with Crippen LogP contribution in [0.2, 0.25) is 0 Å². The maximum atomic E-state index is 12.6. The van der Waals surface area contributed by atoms with Crippen molar-refractivity contribution < 1.29 is 19.1 Å². The van der Waals surface area contributed by atoms with Crippen LogP contribution in [0.4, 0.5) is 4.79 Å². The van der Waals surface area contributed by atoms with Crippen molar-refractivity contribution in [3.8, 4) is 11.1 Å². The van der Waals surface area contributed by atoms with Gasteiger partial charge in [0.05, 0.1) is 7.11 Å². The molecule has 0 spiro atoms. The first-order chi connectivity index (χ1) is 13.6. The highest BCUT2D eigenvalue weighted by atomic mass is 32.2. The second-order valence-corrected chi connectivity index (χ2v) is 7.72. The predicted octanol–water partition coefficient (Wildman–Crippen LogP) is 4.16. The minimum atomic E-state index is -0.645. The molecule has 0 aliphatic heterocycles. The van der Waals surface area contributed by atoms with E-state index in [2.05, 4.69) is 24.3 Å². The second-order valence-electron chi connectivity index (χ2n) is 6.74. The number of benzene rings is 2. The monoisotopic (exact) mass is 399 g/mol. The average Bonchev–Trinajstić information content (AvgIpc) is 3.05. The van der Waals surface area contributed by atoms with Gasteiger partial charge in [-0.25, -0.2) is 9.59 Å². The van der Waals surface area contributed by atoms with Gasteiger partial charge in [0.1, 0.15) is 12.6 Å². The second kappa shape index (κ2) is 9.15. The average molecular weight is 400 g/mol. The normalized spacial score (nSPS) is 13.4. The van der Waals surface area contributed by atoms with E-state index in [0.29, 0.717) is 6.42 Å². The summed E-state index contributed by atoms with van der Waals surface area (Å²) in [5.41, 5.74) is 4.68. The molecule has 2 aromatic rings. The summed E-state index contributed by atoms with van der Waals surface area (Å²) < 4.78 is 10.5. The Balaban J connectivity index is 1.73. The van der Waals surface area contributed by atoms with Gasteiger partial charge in [-0.3, -0.25) is 4.90 Å². The minimum absolute atomic E-state index is 0.00692. The van der Waals surface area contributed by atoms with E-state index in [9.17, 15) is 9.59 Å². The Morgan fingerprint density at radius 2 is 1.64 bits per heavy atom. The molecule has 0 saturated carbocycles. The van der Waals surface area contributed by atoms with Crippen LogP contribution in [-0.2, 0) is 14.3 Å². The zero-order valence-electron chi connectivity index (χ0n) is 16.4. The molecule has 0 heterocycles. The summed E-state index contributed by atoms with van der Waals surface area (Å²) in [5, 5.41) is 0. The van der Waals surface area contributed by atoms with Crippen LogP contribution < -0.4 is 0 Å². The highest BCUT2D eigenvalue weighted by molar-refractivity contribution is 7.98. The van der Waals surface area contributed by atoms with E-state index >= 15 is 0 Å². The van der Waals surface area contributed by atoms with Crippen LogP contribution in [0.1, 0.15) is 23.5 Å². The van der Waals surface area contributed by atoms with Crippen molar-refractivity contribution >= 4 is 23.8 Å². The van der Waals surface area contributed by atoms with E-state index in [0.717, 1.165) is 16.9 Å². The number of rotatable bonds is 7. The summed E-state index contributed by atoms with van der Waals surface area (Å²) >= 11 is 1.62. The Hall–Kier alpha value is -2.47. The highest BCUT2D eigenvalue weighted by Crippen LogP contribution is 2.44. The summed E-state index contributed by atoms with van der Waals surface area (Å²) in [6.07, 6.45) is 1.97. The van der Waals surface area contributed by atoms with Crippen molar-refractivity contribution in [1.29, 1.82) is 0 Å². The number of thioether (sulfide) groups is 1. The van der Waals surface area contributed by atoms with Crippen LogP contribution in [0, 0.1) is 0 Å². The van der Waals surface area contributed by atoms with Crippen molar-refractivity contribution in [1.82, 2.24) is 4.90 Å². The third-order valence-corrected chi connectivity index (χ3v) is 5.80. The van der Waals surface area contributed by atoms with Crippen molar-refractivity contribution in [2.45, 2.75) is 18.4 Å². The van der Waals surface area contributed by atoms with Gasteiger partial charge >= 0.3 is 12.1 Å². The number of ether oxygens (including phenoxy) is 2. The molecule has 0 unspecified atom stereocenters. The van der Waals surface area contributed by atoms with Gasteiger partial charge in [0.2, 0.25) is 0 Å². The van der Waals surface area contributed by atoms with Gasteiger partial charge in [0.15, 0.2) is 0 Å². The van der Waals surface area contributed by atoms with Crippen LogP contribution in [0.3, 0.4) is 0 Å². The summed E-state index contributed by atoms with van der Waals surface area (Å²) in [5.74, 6) is 0.318. The predicted molar refractivity (Wildman–Crippen MR) is 112 cm³/mol. The topological polar surface area (TPSA) is 55.8 Å². The first kappa shape index (κ1) is 20.3. The van der Waals surface area contributed by atoms with Crippen LogP contribution in [0.15, 0.2) is 48.5 Å². The molecule has 0 radical (unpaired) electrons. The number of esters is 1. The largest absolute Gasteiger partial charge is 0.467 e. The van der Waals surface area contributed by atoms with E-state index in [1.165, 1.54) is 23.1 Å². The van der Waals surface area contributed by atoms with Crippen LogP contribution in [0.25, 0.3) is 11.1 Å². The lowest BCUT2D eigenvalue weighted by Crippen LogP contribution is -2.44. The third kappa shape index (κ3) is 4.02. The zero-order valence-corrected chi connectivity index (χ0v) is 17.2. The lowest BCUT2D eigenvalue weighted by atomic mass is 9.98. The Bertz CT molecular complexity index is 808. The van der Waals surface area contributed by atoms with Gasteiger partial charge < -0.3 is 9.47 Å². The van der Waals surface area contributed by atoms with Crippen molar-refractivity contribution in [3.05, 3.63) is 59.7 Å². The Kier molecular flexibility index (Phi) is 6.62. The molecule has 0 fully saturated rings. The molecule has 1 aliphatic carbocycles. The molecule has 0 N–H and O–H groups in total. The first-order valence-corrected chi connectivity index (χ1v) is 10.6. The molecule has 3 rings (SSSR count). The van der Waals surface area contributed by atoms with Crippen molar-refractivity contribution in [2.75, 3.05) is 32.8 Å². The summed E-state index contributed by atoms with van der Waals surface area (Å²) in [7, 11) is 2.92. The Morgan fingerprint density at radius 3 is 2.18 bits per heavy atom. The van der Waals surface area contributed by atoms with Gasteiger partial charge in [0.25, 0.3) is 0 Å². The molecule has 1 aliphatic rings. The Labute approximate surface area is 170 Å². The highest BCUT2D eigenvalue weighted by Gasteiger charge is 2.32. The molecule has 6 heteroatoms. The number of carbonyl (C=O) groups excluding carboxylic acids is 2. The molecule has 2 aromatic carbocycles. The molecule has 0 bridgehead atoms. The van der Waals surface area contributed by atoms with Crippen molar-refractivity contribution in [3.63, 3.8) is 0 Å². The Morgan fingerprint density at radius 1 is 1.07 bits per heavy atom. The van der Waals surface area contributed by atoms with Gasteiger partial charge in [-0.15, -0.1) is 0 Å². The van der Waals surface area contributed by atoms with E-state index in [1.54, 1.807) is 18.8 Å². The van der Waals surface area contributed by atoms with Crippen molar-refractivity contribution in [2.24, 2.45) is 0 Å². The number of hydrogen-bond acceptors (Lipinski definition) is 5. The van der Waals surface area contributed by atoms with E-state index in [4.69, 9.17) is 9.47 Å². The van der Waals surface area contributed by atoms with Gasteiger partial charge in [-0.2, -0.15) is 11.8 Å². The number of likely N-dealkylation sites (N-methyl/N-ethyl adjacent to an activating group) is 1. The fourth-order valence-corrected chi connectivity index (χ4v) is 4.12. The molecule has 0 saturated heterocycles. The molecule has 148 valence electrons. The van der Waals surface area contributed by atoms with Crippen LogP contribution in [0.5, 0.6) is 0 Å². The minimum Gasteiger partial charge on any atom is -0.467 e. The van der Waals surface area contributed by atoms with E-state index < -0.39 is 18.1 Å². The molecule has 5 nitrogen and oxygen atoms in total. The van der Waals surface area contributed by atoms with Gasteiger partial charge in [-0.05, 0) is 40.7 Å². The van der Waals surface area contributed by atoms with Gasteiger partial charge in [-0.1, -0.05) is 48.5 Å². The summed E-state index contributed by atoms with van der Waals surface area (Å²) in [6, 6.07) is 15.7. The maximum absolute atomic E-state index is 12.6. The number of hydrogen-bond donors (Lipinski definition) is 0. The first-order valence-electron chi connectivity index (χ1n) is 9.23. The molecule has 0 aromatic heterocycles. The van der Waals surface area contributed by atoms with Gasteiger partial charge in [0, 0.05) is 13.0 Å². The lowest BCUT2D eigenvalue weighted by molar-refractivity contribution is -0.146. The number of nitrogens with zero attached hydrogens (tertiary/aromatic N) is 1. The number of carbonyl (C=O) groups is 2. The molecule has 1 atom stereocenters. The van der Waals surface area contributed by atoms with Crippen LogP contribution >= 0.6 is 11.8 Å². The summed E-state index contributed by atoms with van der Waals surface area (Å²) in [6.45, 7) is 0.230. The fraction of sp³-hybridized carbons (Fsp3) is 0.364. The van der Waals surface area contributed by atoms with E-state index in [-0.39, 0.29) is 12.5 Å². The number of fused-ring (bicyclic) bond motifs is 3. The van der Waals surface area contributed by atoms with Crippen LogP contribution in [-0.4, -0.2) is 55.8 Å². The molecular formula is C22H25NO4S. The maximum Gasteiger partial charge on any atom is 0.410 e. The molecule has 28 heavy (non-hydrogen) atoms. The van der Waals surface area contributed by atoms with E-state index in [1.807, 2.05) is 30.5 Å².